The van der Waals surface area contributed by atoms with E-state index >= 15 is 0 Å². The average molecular weight is 289 g/mol. The fourth-order valence-electron chi connectivity index (χ4n) is 3.79. The Labute approximate surface area is 128 Å². The average Bonchev–Trinajstić information content (AvgIpc) is 3.28. The highest BCUT2D eigenvalue weighted by molar-refractivity contribution is 5.34. The highest BCUT2D eigenvalue weighted by atomic mass is 16.5. The van der Waals surface area contributed by atoms with Crippen LogP contribution in [0.25, 0.3) is 0 Å². The minimum absolute atomic E-state index is 0.228. The molecule has 0 aromatic heterocycles. The summed E-state index contributed by atoms with van der Waals surface area (Å²) in [6.45, 7) is 5.15. The van der Waals surface area contributed by atoms with E-state index in [-0.39, 0.29) is 5.41 Å². The summed E-state index contributed by atoms with van der Waals surface area (Å²) in [5.41, 5.74) is 1.54. The van der Waals surface area contributed by atoms with E-state index in [1.54, 1.807) is 7.11 Å². The van der Waals surface area contributed by atoms with Crippen molar-refractivity contribution < 1.29 is 9.47 Å². The van der Waals surface area contributed by atoms with Crippen LogP contribution in [0.5, 0.6) is 5.75 Å². The topological polar surface area (TPSA) is 30.5 Å². The predicted octanol–water partition coefficient (Wildman–Crippen LogP) is 3.03. The third kappa shape index (κ3) is 3.09. The van der Waals surface area contributed by atoms with Crippen molar-refractivity contribution in [2.24, 2.45) is 11.3 Å². The molecule has 3 heteroatoms. The molecule has 0 amide bonds. The van der Waals surface area contributed by atoms with Crippen LogP contribution in [-0.4, -0.2) is 32.9 Å². The minimum atomic E-state index is 0.228. The van der Waals surface area contributed by atoms with Gasteiger partial charge in [0.15, 0.2) is 0 Å². The zero-order valence-electron chi connectivity index (χ0n) is 13.2. The SMILES string of the molecule is CCNCC1(Cc2ccccc2OC)CCOC1C1CC1. The van der Waals surface area contributed by atoms with Crippen molar-refractivity contribution in [2.75, 3.05) is 26.8 Å². The van der Waals surface area contributed by atoms with Crippen LogP contribution < -0.4 is 10.1 Å². The highest BCUT2D eigenvalue weighted by Crippen LogP contribution is 2.49. The van der Waals surface area contributed by atoms with Crippen LogP contribution in [0.15, 0.2) is 24.3 Å². The molecule has 3 nitrogen and oxygen atoms in total. The molecule has 1 heterocycles. The number of ether oxygens (including phenoxy) is 2. The molecule has 1 aliphatic heterocycles. The standard InChI is InChI=1S/C18H27NO2/c1-3-19-13-18(10-11-21-17(18)14-8-9-14)12-15-6-4-5-7-16(15)20-2/h4-7,14,17,19H,3,8-13H2,1-2H3. The van der Waals surface area contributed by atoms with Crippen LogP contribution in [0.2, 0.25) is 0 Å². The zero-order chi connectivity index (χ0) is 14.7. The molecule has 1 saturated heterocycles. The number of nitrogens with one attached hydrogen (secondary N) is 1. The minimum Gasteiger partial charge on any atom is -0.496 e. The van der Waals surface area contributed by atoms with Crippen LogP contribution in [0, 0.1) is 11.3 Å². The van der Waals surface area contributed by atoms with Crippen molar-refractivity contribution >= 4 is 0 Å². The van der Waals surface area contributed by atoms with E-state index in [9.17, 15) is 0 Å². The van der Waals surface area contributed by atoms with E-state index < -0.39 is 0 Å². The van der Waals surface area contributed by atoms with Crippen LogP contribution >= 0.6 is 0 Å². The second-order valence-corrected chi connectivity index (χ2v) is 6.51. The van der Waals surface area contributed by atoms with Crippen LogP contribution in [-0.2, 0) is 11.2 Å². The van der Waals surface area contributed by atoms with E-state index in [0.29, 0.717) is 6.10 Å². The van der Waals surface area contributed by atoms with E-state index in [4.69, 9.17) is 9.47 Å². The van der Waals surface area contributed by atoms with E-state index in [2.05, 4.69) is 30.4 Å². The van der Waals surface area contributed by atoms with Gasteiger partial charge in [-0.2, -0.15) is 0 Å². The molecule has 3 rings (SSSR count). The lowest BCUT2D eigenvalue weighted by atomic mass is 9.73. The summed E-state index contributed by atoms with van der Waals surface area (Å²) in [6.07, 6.45) is 5.29. The summed E-state index contributed by atoms with van der Waals surface area (Å²) in [7, 11) is 1.76. The largest absolute Gasteiger partial charge is 0.496 e. The molecule has 21 heavy (non-hydrogen) atoms. The number of hydrogen-bond acceptors (Lipinski definition) is 3. The van der Waals surface area contributed by atoms with Gasteiger partial charge in [-0.05, 0) is 49.8 Å². The van der Waals surface area contributed by atoms with Gasteiger partial charge in [-0.1, -0.05) is 25.1 Å². The third-order valence-electron chi connectivity index (χ3n) is 5.01. The molecule has 1 saturated carbocycles. The van der Waals surface area contributed by atoms with Gasteiger partial charge in [-0.3, -0.25) is 0 Å². The van der Waals surface area contributed by atoms with Gasteiger partial charge >= 0.3 is 0 Å². The molecule has 1 aliphatic carbocycles. The lowest BCUT2D eigenvalue weighted by Crippen LogP contribution is -2.43. The lowest BCUT2D eigenvalue weighted by Gasteiger charge is -2.35. The lowest BCUT2D eigenvalue weighted by molar-refractivity contribution is 0.0306. The van der Waals surface area contributed by atoms with Crippen molar-refractivity contribution in [2.45, 2.75) is 38.7 Å². The van der Waals surface area contributed by atoms with Gasteiger partial charge in [0.1, 0.15) is 5.75 Å². The van der Waals surface area contributed by atoms with Gasteiger partial charge in [0, 0.05) is 18.6 Å². The normalized spacial score (nSPS) is 28.8. The quantitative estimate of drug-likeness (QED) is 0.837. The maximum absolute atomic E-state index is 6.15. The maximum atomic E-state index is 6.15. The Morgan fingerprint density at radius 2 is 2.14 bits per heavy atom. The molecule has 1 aromatic rings. The Balaban J connectivity index is 1.84. The maximum Gasteiger partial charge on any atom is 0.122 e. The molecule has 116 valence electrons. The Morgan fingerprint density at radius 3 is 2.86 bits per heavy atom. The van der Waals surface area contributed by atoms with Crippen molar-refractivity contribution in [3.8, 4) is 5.75 Å². The van der Waals surface area contributed by atoms with Gasteiger partial charge in [-0.25, -0.2) is 0 Å². The molecule has 0 bridgehead atoms. The second-order valence-electron chi connectivity index (χ2n) is 6.51. The number of hydrogen-bond donors (Lipinski definition) is 1. The number of rotatable bonds is 7. The zero-order valence-corrected chi connectivity index (χ0v) is 13.2. The third-order valence-corrected chi connectivity index (χ3v) is 5.01. The van der Waals surface area contributed by atoms with Gasteiger partial charge in [0.25, 0.3) is 0 Å². The summed E-state index contributed by atoms with van der Waals surface area (Å²) < 4.78 is 11.7. The second kappa shape index (κ2) is 6.37. The van der Waals surface area contributed by atoms with Crippen molar-refractivity contribution in [3.63, 3.8) is 0 Å². The molecule has 0 radical (unpaired) electrons. The number of para-hydroxylation sites is 1. The molecular formula is C18H27NO2. The Hall–Kier alpha value is -1.06. The highest BCUT2D eigenvalue weighted by Gasteiger charge is 2.50. The smallest absolute Gasteiger partial charge is 0.122 e. The van der Waals surface area contributed by atoms with Gasteiger partial charge in [-0.15, -0.1) is 0 Å². The summed E-state index contributed by atoms with van der Waals surface area (Å²) in [5.74, 6) is 1.79. The van der Waals surface area contributed by atoms with Gasteiger partial charge in [0.05, 0.1) is 13.2 Å². The van der Waals surface area contributed by atoms with Crippen LogP contribution in [0.3, 0.4) is 0 Å². The number of methoxy groups -OCH3 is 1. The van der Waals surface area contributed by atoms with Crippen LogP contribution in [0.1, 0.15) is 31.7 Å². The molecule has 0 spiro atoms. The molecule has 2 unspecified atom stereocenters. The molecular weight excluding hydrogens is 262 g/mol. The molecule has 1 aromatic carbocycles. The summed E-state index contributed by atoms with van der Waals surface area (Å²) >= 11 is 0. The fraction of sp³-hybridized carbons (Fsp3) is 0.667. The summed E-state index contributed by atoms with van der Waals surface area (Å²) in [5, 5.41) is 3.58. The number of benzene rings is 1. The molecule has 1 N–H and O–H groups in total. The van der Waals surface area contributed by atoms with E-state index in [1.165, 1.54) is 18.4 Å². The first-order valence-electron chi connectivity index (χ1n) is 8.23. The van der Waals surface area contributed by atoms with Crippen LogP contribution in [0.4, 0.5) is 0 Å². The first-order chi connectivity index (χ1) is 10.3. The molecule has 2 aliphatic rings. The van der Waals surface area contributed by atoms with Crippen molar-refractivity contribution in [1.29, 1.82) is 0 Å². The fourth-order valence-corrected chi connectivity index (χ4v) is 3.79. The summed E-state index contributed by atoms with van der Waals surface area (Å²) in [4.78, 5) is 0. The predicted molar refractivity (Wildman–Crippen MR) is 84.8 cm³/mol. The Kier molecular flexibility index (Phi) is 4.51. The van der Waals surface area contributed by atoms with E-state index in [1.807, 2.05) is 6.07 Å². The van der Waals surface area contributed by atoms with Gasteiger partial charge < -0.3 is 14.8 Å². The van der Waals surface area contributed by atoms with E-state index in [0.717, 1.165) is 44.2 Å². The van der Waals surface area contributed by atoms with Crippen molar-refractivity contribution in [1.82, 2.24) is 5.32 Å². The Bertz CT molecular complexity index is 472. The molecule has 2 fully saturated rings. The Morgan fingerprint density at radius 1 is 1.33 bits per heavy atom. The van der Waals surface area contributed by atoms with Crippen molar-refractivity contribution in [3.05, 3.63) is 29.8 Å². The molecule has 2 atom stereocenters. The summed E-state index contributed by atoms with van der Waals surface area (Å²) in [6, 6.07) is 8.43. The first kappa shape index (κ1) is 14.9. The monoisotopic (exact) mass is 289 g/mol. The first-order valence-corrected chi connectivity index (χ1v) is 8.23. The van der Waals surface area contributed by atoms with Gasteiger partial charge in [0.2, 0.25) is 0 Å².